The number of carboxylic acids is 1. The molecule has 3 N–H and O–H groups in total. The molecule has 0 saturated carbocycles. The number of nitrogens with two attached hydrogens (primary N) is 1. The smallest absolute Gasteiger partial charge is 0.335 e. The van der Waals surface area contributed by atoms with Crippen LogP contribution in [0.2, 0.25) is 0 Å². The summed E-state index contributed by atoms with van der Waals surface area (Å²) in [4.78, 5) is 11.2. The quantitative estimate of drug-likeness (QED) is 0.577. The van der Waals surface area contributed by atoms with Gasteiger partial charge in [-0.05, 0) is 24.3 Å². The predicted molar refractivity (Wildman–Crippen MR) is 92.2 cm³/mol. The number of carbonyl (C=O) groups is 1. The van der Waals surface area contributed by atoms with Crippen LogP contribution in [-0.2, 0) is 10.0 Å². The maximum atomic E-state index is 11.9. The van der Waals surface area contributed by atoms with Crippen LogP contribution in [0.15, 0.2) is 64.9 Å². The summed E-state index contributed by atoms with van der Waals surface area (Å²) >= 11 is 1.20. The highest BCUT2D eigenvalue weighted by Crippen LogP contribution is 2.39. The van der Waals surface area contributed by atoms with E-state index in [-0.39, 0.29) is 16.2 Å². The Morgan fingerprint density at radius 3 is 2.50 bits per heavy atom. The van der Waals surface area contributed by atoms with Crippen molar-refractivity contribution in [3.05, 3.63) is 60.7 Å². The molecule has 0 radical (unpaired) electrons. The predicted octanol–water partition coefficient (Wildman–Crippen LogP) is 3.10. The van der Waals surface area contributed by atoms with Crippen LogP contribution < -0.4 is 9.88 Å². The molecule has 0 bridgehead atoms. The molecular weight excluding hydrogens is 350 g/mol. The number of thioether (sulfide) groups is 1. The van der Waals surface area contributed by atoms with E-state index < -0.39 is 16.0 Å². The second-order valence-electron chi connectivity index (χ2n) is 4.67. The molecule has 0 aliphatic rings. The van der Waals surface area contributed by atoms with E-state index in [1.165, 1.54) is 17.8 Å². The molecule has 2 aromatic rings. The summed E-state index contributed by atoms with van der Waals surface area (Å²) in [6, 6.07) is 10.9. The van der Waals surface area contributed by atoms with Crippen molar-refractivity contribution in [1.29, 1.82) is 0 Å². The Morgan fingerprint density at radius 1 is 1.29 bits per heavy atom. The average molecular weight is 365 g/mol. The molecule has 2 rings (SSSR count). The van der Waals surface area contributed by atoms with E-state index in [0.29, 0.717) is 16.4 Å². The largest absolute Gasteiger partial charge is 0.478 e. The van der Waals surface area contributed by atoms with Crippen LogP contribution in [0.1, 0.15) is 10.4 Å². The minimum atomic E-state index is -4.18. The van der Waals surface area contributed by atoms with Crippen LogP contribution >= 0.6 is 11.8 Å². The number of para-hydroxylation sites is 1. The van der Waals surface area contributed by atoms with Crippen molar-refractivity contribution in [1.82, 2.24) is 0 Å². The van der Waals surface area contributed by atoms with Crippen molar-refractivity contribution in [2.75, 3.05) is 5.75 Å². The Kier molecular flexibility index (Phi) is 5.66. The Hall–Kier alpha value is -2.29. The number of carboxylic acid groups (broad SMARTS) is 1. The standard InChI is InChI=1S/C16H15NO5S2/c1-2-8-23-13-9-11(16(18)19)10-14(24(17,20)21)15(13)22-12-6-4-3-5-7-12/h2-7,9-10H,1,8H2,(H,18,19)(H2,17,20,21). The highest BCUT2D eigenvalue weighted by atomic mass is 32.2. The van der Waals surface area contributed by atoms with E-state index in [1.54, 1.807) is 36.4 Å². The van der Waals surface area contributed by atoms with Gasteiger partial charge in [0, 0.05) is 5.75 Å². The lowest BCUT2D eigenvalue weighted by atomic mass is 10.2. The van der Waals surface area contributed by atoms with E-state index in [4.69, 9.17) is 9.88 Å². The first-order valence-electron chi connectivity index (χ1n) is 6.73. The highest BCUT2D eigenvalue weighted by Gasteiger charge is 2.23. The maximum absolute atomic E-state index is 11.9. The van der Waals surface area contributed by atoms with E-state index >= 15 is 0 Å². The molecule has 0 unspecified atom stereocenters. The van der Waals surface area contributed by atoms with Gasteiger partial charge in [-0.2, -0.15) is 0 Å². The average Bonchev–Trinajstić information content (AvgIpc) is 2.53. The van der Waals surface area contributed by atoms with Gasteiger partial charge >= 0.3 is 5.97 Å². The molecule has 8 heteroatoms. The van der Waals surface area contributed by atoms with Crippen LogP contribution in [0.25, 0.3) is 0 Å². The fourth-order valence-electron chi connectivity index (χ4n) is 1.87. The van der Waals surface area contributed by atoms with Crippen LogP contribution in [0, 0.1) is 0 Å². The van der Waals surface area contributed by atoms with Crippen molar-refractivity contribution in [2.45, 2.75) is 9.79 Å². The number of ether oxygens (including phenoxy) is 1. The van der Waals surface area contributed by atoms with Crippen LogP contribution in [-0.4, -0.2) is 25.2 Å². The van der Waals surface area contributed by atoms with Gasteiger partial charge in [-0.3, -0.25) is 0 Å². The van der Waals surface area contributed by atoms with Gasteiger partial charge < -0.3 is 9.84 Å². The van der Waals surface area contributed by atoms with Gasteiger partial charge in [0.05, 0.1) is 10.5 Å². The second-order valence-corrected chi connectivity index (χ2v) is 7.26. The van der Waals surface area contributed by atoms with Crippen molar-refractivity contribution in [3.8, 4) is 11.5 Å². The monoisotopic (exact) mass is 365 g/mol. The number of hydrogen-bond acceptors (Lipinski definition) is 5. The van der Waals surface area contributed by atoms with E-state index in [9.17, 15) is 18.3 Å². The topological polar surface area (TPSA) is 107 Å². The van der Waals surface area contributed by atoms with Crippen molar-refractivity contribution in [3.63, 3.8) is 0 Å². The van der Waals surface area contributed by atoms with Gasteiger partial charge in [0.2, 0.25) is 10.0 Å². The zero-order valence-electron chi connectivity index (χ0n) is 12.5. The Bertz CT molecular complexity index is 864. The molecule has 0 saturated heterocycles. The third-order valence-electron chi connectivity index (χ3n) is 2.89. The number of rotatable bonds is 7. The zero-order valence-corrected chi connectivity index (χ0v) is 14.1. The lowest BCUT2D eigenvalue weighted by molar-refractivity contribution is 0.0696. The minimum absolute atomic E-state index is 0.000509. The van der Waals surface area contributed by atoms with Gasteiger partial charge in [-0.25, -0.2) is 18.4 Å². The molecule has 0 atom stereocenters. The summed E-state index contributed by atoms with van der Waals surface area (Å²) in [5, 5.41) is 14.4. The van der Waals surface area contributed by atoms with Crippen molar-refractivity contribution in [2.24, 2.45) is 5.14 Å². The summed E-state index contributed by atoms with van der Waals surface area (Å²) in [6.07, 6.45) is 1.61. The minimum Gasteiger partial charge on any atom is -0.478 e. The maximum Gasteiger partial charge on any atom is 0.335 e. The molecule has 2 aromatic carbocycles. The van der Waals surface area contributed by atoms with Gasteiger partial charge in [-0.15, -0.1) is 18.3 Å². The molecule has 0 aliphatic heterocycles. The van der Waals surface area contributed by atoms with Crippen molar-refractivity contribution >= 4 is 27.8 Å². The van der Waals surface area contributed by atoms with E-state index in [1.807, 2.05) is 0 Å². The Morgan fingerprint density at radius 2 is 1.96 bits per heavy atom. The first kappa shape index (κ1) is 18.1. The molecule has 0 heterocycles. The first-order chi connectivity index (χ1) is 11.3. The number of sulfonamides is 1. The number of benzene rings is 2. The zero-order chi connectivity index (χ0) is 17.7. The molecule has 0 aliphatic carbocycles. The highest BCUT2D eigenvalue weighted by molar-refractivity contribution is 7.99. The van der Waals surface area contributed by atoms with Crippen LogP contribution in [0.3, 0.4) is 0 Å². The Labute approximate surface area is 144 Å². The van der Waals surface area contributed by atoms with Gasteiger partial charge in [-0.1, -0.05) is 24.3 Å². The molecule has 0 amide bonds. The van der Waals surface area contributed by atoms with E-state index in [2.05, 4.69) is 6.58 Å². The molecule has 0 spiro atoms. The molecule has 0 fully saturated rings. The number of primary sulfonamides is 1. The second kappa shape index (κ2) is 7.52. The fraction of sp³-hybridized carbons (Fsp3) is 0.0625. The summed E-state index contributed by atoms with van der Waals surface area (Å²) < 4.78 is 29.5. The number of hydrogen-bond donors (Lipinski definition) is 2. The molecule has 126 valence electrons. The van der Waals surface area contributed by atoms with Gasteiger partial charge in [0.15, 0.2) is 5.75 Å². The first-order valence-corrected chi connectivity index (χ1v) is 9.27. The van der Waals surface area contributed by atoms with Gasteiger partial charge in [0.25, 0.3) is 0 Å². The number of aromatic carboxylic acids is 1. The SMILES string of the molecule is C=CCSc1cc(C(=O)O)cc(S(N)(=O)=O)c1Oc1ccccc1. The van der Waals surface area contributed by atoms with Gasteiger partial charge in [0.1, 0.15) is 10.6 Å². The summed E-state index contributed by atoms with van der Waals surface area (Å²) in [6.45, 7) is 3.60. The summed E-state index contributed by atoms with van der Waals surface area (Å²) in [5.41, 5.74) is -0.189. The lowest BCUT2D eigenvalue weighted by Crippen LogP contribution is -2.15. The third-order valence-corrected chi connectivity index (χ3v) is 4.83. The van der Waals surface area contributed by atoms with Crippen LogP contribution in [0.4, 0.5) is 0 Å². The molecule has 6 nitrogen and oxygen atoms in total. The fourth-order valence-corrected chi connectivity index (χ4v) is 3.43. The lowest BCUT2D eigenvalue weighted by Gasteiger charge is -2.15. The van der Waals surface area contributed by atoms with E-state index in [0.717, 1.165) is 6.07 Å². The Balaban J connectivity index is 2.66. The van der Waals surface area contributed by atoms with Crippen LogP contribution in [0.5, 0.6) is 11.5 Å². The molecular formula is C16H15NO5S2. The third kappa shape index (κ3) is 4.38. The molecule has 24 heavy (non-hydrogen) atoms. The molecule has 0 aromatic heterocycles. The summed E-state index contributed by atoms with van der Waals surface area (Å²) in [5.74, 6) is -0.406. The van der Waals surface area contributed by atoms with Crippen molar-refractivity contribution < 1.29 is 23.1 Å². The normalized spacial score (nSPS) is 11.0. The summed E-state index contributed by atoms with van der Waals surface area (Å²) in [7, 11) is -4.18.